The Morgan fingerprint density at radius 2 is 2.00 bits per heavy atom. The third-order valence-electron chi connectivity index (χ3n) is 2.36. The van der Waals surface area contributed by atoms with Crippen LogP contribution in [-0.2, 0) is 11.3 Å². The molecule has 1 amide bonds. The molecular formula is C14H20N2O. The fraction of sp³-hybridized carbons (Fsp3) is 0.357. The summed E-state index contributed by atoms with van der Waals surface area (Å²) in [5.41, 5.74) is 3.39. The zero-order valence-electron chi connectivity index (χ0n) is 10.9. The summed E-state index contributed by atoms with van der Waals surface area (Å²) in [5.74, 6) is -0.00941. The predicted molar refractivity (Wildman–Crippen MR) is 71.9 cm³/mol. The molecule has 1 aromatic heterocycles. The molecular weight excluding hydrogens is 212 g/mol. The van der Waals surface area contributed by atoms with Crippen LogP contribution in [0.2, 0.25) is 0 Å². The Morgan fingerprint density at radius 3 is 2.65 bits per heavy atom. The number of nitrogens with one attached hydrogen (secondary N) is 2. The molecule has 0 atom stereocenters. The van der Waals surface area contributed by atoms with Crippen LogP contribution in [0.4, 0.5) is 0 Å². The number of aromatic amines is 1. The van der Waals surface area contributed by atoms with E-state index in [0.717, 1.165) is 11.2 Å². The van der Waals surface area contributed by atoms with Crippen LogP contribution in [0.15, 0.2) is 24.3 Å². The van der Waals surface area contributed by atoms with Crippen molar-refractivity contribution in [1.29, 1.82) is 0 Å². The topological polar surface area (TPSA) is 44.9 Å². The van der Waals surface area contributed by atoms with Crippen molar-refractivity contribution in [2.75, 3.05) is 0 Å². The van der Waals surface area contributed by atoms with E-state index in [9.17, 15) is 4.79 Å². The molecule has 3 nitrogen and oxygen atoms in total. The van der Waals surface area contributed by atoms with Crippen LogP contribution in [0.3, 0.4) is 0 Å². The van der Waals surface area contributed by atoms with Gasteiger partial charge in [-0.3, -0.25) is 4.79 Å². The summed E-state index contributed by atoms with van der Waals surface area (Å²) in [7, 11) is 0. The SMILES string of the molecule is CC.CC(=O)NCc1cc2ccc(C)cc2[nH]1. The van der Waals surface area contributed by atoms with Gasteiger partial charge in [-0.1, -0.05) is 26.0 Å². The summed E-state index contributed by atoms with van der Waals surface area (Å²) >= 11 is 0. The number of amides is 1. The second-order valence-corrected chi connectivity index (χ2v) is 3.80. The van der Waals surface area contributed by atoms with Crippen molar-refractivity contribution >= 4 is 16.8 Å². The maximum Gasteiger partial charge on any atom is 0.217 e. The van der Waals surface area contributed by atoms with Gasteiger partial charge in [0.1, 0.15) is 0 Å². The van der Waals surface area contributed by atoms with Gasteiger partial charge in [0, 0.05) is 18.1 Å². The Bertz CT molecular complexity index is 500. The molecule has 17 heavy (non-hydrogen) atoms. The quantitative estimate of drug-likeness (QED) is 0.821. The van der Waals surface area contributed by atoms with Gasteiger partial charge in [-0.05, 0) is 30.0 Å². The molecule has 0 radical (unpaired) electrons. The lowest BCUT2D eigenvalue weighted by Gasteiger charge is -1.97. The third kappa shape index (κ3) is 3.63. The van der Waals surface area contributed by atoms with Gasteiger partial charge in [-0.25, -0.2) is 0 Å². The summed E-state index contributed by atoms with van der Waals surface area (Å²) in [6.45, 7) is 8.14. The molecule has 1 aromatic carbocycles. The van der Waals surface area contributed by atoms with Crippen molar-refractivity contribution in [2.45, 2.75) is 34.2 Å². The highest BCUT2D eigenvalue weighted by atomic mass is 16.1. The zero-order chi connectivity index (χ0) is 12.8. The molecule has 1 heterocycles. The van der Waals surface area contributed by atoms with Crippen molar-refractivity contribution in [3.05, 3.63) is 35.5 Å². The van der Waals surface area contributed by atoms with E-state index in [4.69, 9.17) is 0 Å². The van der Waals surface area contributed by atoms with Crippen LogP contribution >= 0.6 is 0 Å². The smallest absolute Gasteiger partial charge is 0.217 e. The molecule has 92 valence electrons. The van der Waals surface area contributed by atoms with E-state index in [2.05, 4.69) is 41.5 Å². The number of aryl methyl sites for hydroxylation is 1. The number of rotatable bonds is 2. The predicted octanol–water partition coefficient (Wildman–Crippen LogP) is 3.14. The van der Waals surface area contributed by atoms with Gasteiger partial charge in [-0.15, -0.1) is 0 Å². The van der Waals surface area contributed by atoms with Crippen molar-refractivity contribution in [2.24, 2.45) is 0 Å². The Balaban J connectivity index is 0.000000686. The number of hydrogen-bond acceptors (Lipinski definition) is 1. The highest BCUT2D eigenvalue weighted by Crippen LogP contribution is 2.16. The maximum absolute atomic E-state index is 10.8. The Labute approximate surface area is 102 Å². The molecule has 0 bridgehead atoms. The number of carbonyl (C=O) groups is 1. The second kappa shape index (κ2) is 6.09. The maximum atomic E-state index is 10.8. The molecule has 0 saturated heterocycles. The standard InChI is InChI=1S/C12H14N2O.C2H6/c1-8-3-4-10-6-11(7-13-9(2)15)14-12(10)5-8;1-2/h3-6,14H,7H2,1-2H3,(H,13,15);1-2H3. The lowest BCUT2D eigenvalue weighted by molar-refractivity contribution is -0.119. The summed E-state index contributed by atoms with van der Waals surface area (Å²) in [4.78, 5) is 14.0. The molecule has 2 aromatic rings. The first-order chi connectivity index (χ1) is 8.15. The van der Waals surface area contributed by atoms with E-state index in [-0.39, 0.29) is 5.91 Å². The Kier molecular flexibility index (Phi) is 4.76. The fourth-order valence-electron chi connectivity index (χ4n) is 1.62. The number of benzene rings is 1. The molecule has 2 rings (SSSR count). The minimum absolute atomic E-state index is 0.00941. The highest BCUT2D eigenvalue weighted by Gasteiger charge is 2.01. The lowest BCUT2D eigenvalue weighted by Crippen LogP contribution is -2.18. The average Bonchev–Trinajstić information content (AvgIpc) is 2.71. The van der Waals surface area contributed by atoms with Crippen LogP contribution in [0.5, 0.6) is 0 Å². The van der Waals surface area contributed by atoms with Crippen LogP contribution < -0.4 is 5.32 Å². The number of hydrogen-bond donors (Lipinski definition) is 2. The van der Waals surface area contributed by atoms with Crippen LogP contribution in [0.25, 0.3) is 10.9 Å². The van der Waals surface area contributed by atoms with E-state index in [0.29, 0.717) is 6.54 Å². The Hall–Kier alpha value is -1.77. The lowest BCUT2D eigenvalue weighted by atomic mass is 10.2. The number of fused-ring (bicyclic) bond motifs is 1. The monoisotopic (exact) mass is 232 g/mol. The molecule has 0 fully saturated rings. The van der Waals surface area contributed by atoms with Crippen LogP contribution in [-0.4, -0.2) is 10.9 Å². The van der Waals surface area contributed by atoms with E-state index in [1.165, 1.54) is 17.9 Å². The fourth-order valence-corrected chi connectivity index (χ4v) is 1.62. The normalized spacial score (nSPS) is 9.65. The minimum Gasteiger partial charge on any atom is -0.357 e. The molecule has 0 unspecified atom stereocenters. The van der Waals surface area contributed by atoms with Gasteiger partial charge < -0.3 is 10.3 Å². The molecule has 0 spiro atoms. The van der Waals surface area contributed by atoms with Crippen molar-refractivity contribution in [3.63, 3.8) is 0 Å². The first-order valence-corrected chi connectivity index (χ1v) is 5.98. The van der Waals surface area contributed by atoms with Gasteiger partial charge in [0.15, 0.2) is 0 Å². The van der Waals surface area contributed by atoms with E-state index in [1.54, 1.807) is 0 Å². The van der Waals surface area contributed by atoms with Crippen molar-refractivity contribution in [1.82, 2.24) is 10.3 Å². The summed E-state index contributed by atoms with van der Waals surface area (Å²) < 4.78 is 0. The van der Waals surface area contributed by atoms with E-state index < -0.39 is 0 Å². The largest absolute Gasteiger partial charge is 0.357 e. The van der Waals surface area contributed by atoms with Gasteiger partial charge in [-0.2, -0.15) is 0 Å². The summed E-state index contributed by atoms with van der Waals surface area (Å²) in [6, 6.07) is 8.33. The van der Waals surface area contributed by atoms with E-state index in [1.807, 2.05) is 13.8 Å². The first-order valence-electron chi connectivity index (χ1n) is 5.98. The molecule has 2 N–H and O–H groups in total. The summed E-state index contributed by atoms with van der Waals surface area (Å²) in [6.07, 6.45) is 0. The van der Waals surface area contributed by atoms with Crippen LogP contribution in [0, 0.1) is 6.92 Å². The third-order valence-corrected chi connectivity index (χ3v) is 2.36. The molecule has 0 aliphatic heterocycles. The van der Waals surface area contributed by atoms with Crippen LogP contribution in [0.1, 0.15) is 32.0 Å². The number of H-pyrrole nitrogens is 1. The highest BCUT2D eigenvalue weighted by molar-refractivity contribution is 5.81. The minimum atomic E-state index is -0.00941. The van der Waals surface area contributed by atoms with Gasteiger partial charge >= 0.3 is 0 Å². The molecule has 3 heteroatoms. The zero-order valence-corrected chi connectivity index (χ0v) is 10.9. The average molecular weight is 232 g/mol. The Morgan fingerprint density at radius 1 is 1.29 bits per heavy atom. The first kappa shape index (κ1) is 13.3. The number of aromatic nitrogens is 1. The molecule has 0 saturated carbocycles. The number of carbonyl (C=O) groups excluding carboxylic acids is 1. The van der Waals surface area contributed by atoms with E-state index >= 15 is 0 Å². The van der Waals surface area contributed by atoms with Crippen molar-refractivity contribution < 1.29 is 4.79 Å². The molecule has 0 aliphatic carbocycles. The van der Waals surface area contributed by atoms with Crippen molar-refractivity contribution in [3.8, 4) is 0 Å². The molecule has 0 aliphatic rings. The van der Waals surface area contributed by atoms with Gasteiger partial charge in [0.05, 0.1) is 6.54 Å². The van der Waals surface area contributed by atoms with Gasteiger partial charge in [0.2, 0.25) is 5.91 Å². The van der Waals surface area contributed by atoms with Gasteiger partial charge in [0.25, 0.3) is 0 Å². The summed E-state index contributed by atoms with van der Waals surface area (Å²) in [5, 5.41) is 3.95. The second-order valence-electron chi connectivity index (χ2n) is 3.80.